The minimum Gasteiger partial charge on any atom is -0.484 e. The van der Waals surface area contributed by atoms with Crippen LogP contribution in [0.2, 0.25) is 5.02 Å². The van der Waals surface area contributed by atoms with Gasteiger partial charge in [0.25, 0.3) is 11.8 Å². The third-order valence-electron chi connectivity index (χ3n) is 3.44. The van der Waals surface area contributed by atoms with Gasteiger partial charge in [0, 0.05) is 8.59 Å². The third-order valence-corrected chi connectivity index (χ3v) is 5.18. The van der Waals surface area contributed by atoms with E-state index in [1.54, 1.807) is 24.3 Å². The van der Waals surface area contributed by atoms with Crippen LogP contribution < -0.4 is 20.9 Å². The number of nitrogens with one attached hydrogen (secondary N) is 3. The van der Waals surface area contributed by atoms with Crippen LogP contribution in [0.15, 0.2) is 36.4 Å². The molecule has 0 radical (unpaired) electrons. The Morgan fingerprint density at radius 2 is 1.78 bits per heavy atom. The SMILES string of the molecule is Cc1cc(OCC(=O)NNC(=S)NC(=O)c2ccccc2I)cc(C)c1Cl. The van der Waals surface area contributed by atoms with Crippen LogP contribution in [-0.2, 0) is 4.79 Å². The lowest BCUT2D eigenvalue weighted by molar-refractivity contribution is -0.123. The lowest BCUT2D eigenvalue weighted by Crippen LogP contribution is -2.49. The van der Waals surface area contributed by atoms with Gasteiger partial charge in [-0.25, -0.2) is 0 Å². The fourth-order valence-electron chi connectivity index (χ4n) is 2.15. The summed E-state index contributed by atoms with van der Waals surface area (Å²) in [6.45, 7) is 3.50. The van der Waals surface area contributed by atoms with Crippen molar-refractivity contribution in [3.63, 3.8) is 0 Å². The molecule has 0 aliphatic rings. The molecule has 0 saturated heterocycles. The van der Waals surface area contributed by atoms with E-state index in [0.717, 1.165) is 14.7 Å². The molecule has 2 aromatic rings. The summed E-state index contributed by atoms with van der Waals surface area (Å²) >= 11 is 13.2. The van der Waals surface area contributed by atoms with E-state index < -0.39 is 5.91 Å². The summed E-state index contributed by atoms with van der Waals surface area (Å²) in [7, 11) is 0. The first-order valence-electron chi connectivity index (χ1n) is 7.82. The van der Waals surface area contributed by atoms with Crippen LogP contribution in [0.1, 0.15) is 21.5 Å². The molecule has 0 unspecified atom stereocenters. The Labute approximate surface area is 181 Å². The smallest absolute Gasteiger partial charge is 0.276 e. The summed E-state index contributed by atoms with van der Waals surface area (Å²) in [5.41, 5.74) is 7.06. The molecule has 0 atom stereocenters. The van der Waals surface area contributed by atoms with Crippen LogP contribution in [-0.4, -0.2) is 23.5 Å². The van der Waals surface area contributed by atoms with E-state index in [2.05, 4.69) is 38.8 Å². The maximum atomic E-state index is 12.1. The second kappa shape index (κ2) is 9.86. The maximum absolute atomic E-state index is 12.1. The van der Waals surface area contributed by atoms with E-state index in [0.29, 0.717) is 16.3 Å². The molecule has 6 nitrogen and oxygen atoms in total. The van der Waals surface area contributed by atoms with E-state index in [1.165, 1.54) is 0 Å². The lowest BCUT2D eigenvalue weighted by Gasteiger charge is -2.12. The average molecular weight is 518 g/mol. The predicted octanol–water partition coefficient (Wildman–Crippen LogP) is 3.28. The van der Waals surface area contributed by atoms with Crippen LogP contribution >= 0.6 is 46.4 Å². The van der Waals surface area contributed by atoms with Gasteiger partial charge in [-0.05, 0) is 84.0 Å². The van der Waals surface area contributed by atoms with Crippen LogP contribution in [0.3, 0.4) is 0 Å². The molecule has 0 aliphatic carbocycles. The minimum atomic E-state index is -0.453. The number of amides is 2. The van der Waals surface area contributed by atoms with E-state index in [4.69, 9.17) is 28.6 Å². The fraction of sp³-hybridized carbons (Fsp3) is 0.167. The maximum Gasteiger partial charge on any atom is 0.276 e. The summed E-state index contributed by atoms with van der Waals surface area (Å²) in [5, 5.41) is 3.14. The first-order chi connectivity index (χ1) is 12.8. The monoisotopic (exact) mass is 517 g/mol. The van der Waals surface area contributed by atoms with E-state index in [9.17, 15) is 9.59 Å². The van der Waals surface area contributed by atoms with Gasteiger partial charge in [-0.3, -0.25) is 25.8 Å². The van der Waals surface area contributed by atoms with Crippen molar-refractivity contribution in [2.24, 2.45) is 0 Å². The molecule has 0 fully saturated rings. The van der Waals surface area contributed by atoms with Crippen molar-refractivity contribution < 1.29 is 14.3 Å². The Bertz CT molecular complexity index is 869. The van der Waals surface area contributed by atoms with Gasteiger partial charge in [-0.1, -0.05) is 23.7 Å². The van der Waals surface area contributed by atoms with Crippen molar-refractivity contribution in [3.8, 4) is 5.75 Å². The third kappa shape index (κ3) is 6.33. The number of rotatable bonds is 4. The first kappa shape index (κ1) is 21.4. The highest BCUT2D eigenvalue weighted by Crippen LogP contribution is 2.25. The molecule has 3 N–H and O–H groups in total. The Hall–Kier alpha value is -1.91. The van der Waals surface area contributed by atoms with Gasteiger partial charge in [-0.2, -0.15) is 0 Å². The summed E-state index contributed by atoms with van der Waals surface area (Å²) in [6, 6.07) is 10.6. The van der Waals surface area contributed by atoms with Crippen LogP contribution in [0.5, 0.6) is 5.75 Å². The molecular weight excluding hydrogens is 501 g/mol. The van der Waals surface area contributed by atoms with Crippen LogP contribution in [0, 0.1) is 17.4 Å². The summed E-state index contributed by atoms with van der Waals surface area (Å²) < 4.78 is 6.23. The van der Waals surface area contributed by atoms with Gasteiger partial charge in [0.2, 0.25) is 0 Å². The number of hydrogen-bond acceptors (Lipinski definition) is 4. The van der Waals surface area contributed by atoms with Gasteiger partial charge >= 0.3 is 0 Å². The molecule has 0 saturated carbocycles. The van der Waals surface area contributed by atoms with Gasteiger partial charge in [0.05, 0.1) is 5.56 Å². The predicted molar refractivity (Wildman–Crippen MR) is 117 cm³/mol. The molecule has 0 heterocycles. The van der Waals surface area contributed by atoms with Gasteiger partial charge in [0.1, 0.15) is 5.75 Å². The van der Waals surface area contributed by atoms with E-state index in [-0.39, 0.29) is 17.6 Å². The Morgan fingerprint density at radius 1 is 1.15 bits per heavy atom. The molecule has 0 spiro atoms. The summed E-state index contributed by atoms with van der Waals surface area (Å²) in [5.74, 6) is -0.277. The van der Waals surface area contributed by atoms with Crippen LogP contribution in [0.4, 0.5) is 0 Å². The number of thiocarbonyl (C=S) groups is 1. The molecular formula is C18H17ClIN3O3S. The van der Waals surface area contributed by atoms with Crippen molar-refractivity contribution in [2.45, 2.75) is 13.8 Å². The van der Waals surface area contributed by atoms with E-state index in [1.807, 2.05) is 26.0 Å². The summed E-state index contributed by atoms with van der Waals surface area (Å²) in [6.07, 6.45) is 0. The topological polar surface area (TPSA) is 79.5 Å². The average Bonchev–Trinajstić information content (AvgIpc) is 2.62. The normalized spacial score (nSPS) is 10.1. The zero-order chi connectivity index (χ0) is 20.0. The second-order valence-electron chi connectivity index (χ2n) is 5.60. The highest BCUT2D eigenvalue weighted by molar-refractivity contribution is 14.1. The van der Waals surface area contributed by atoms with Crippen molar-refractivity contribution >= 4 is 63.3 Å². The fourth-order valence-corrected chi connectivity index (χ4v) is 3.03. The number of hydrazine groups is 1. The number of aryl methyl sites for hydroxylation is 2. The minimum absolute atomic E-state index is 0.0221. The van der Waals surface area contributed by atoms with Crippen molar-refractivity contribution in [1.29, 1.82) is 0 Å². The quantitative estimate of drug-likeness (QED) is 0.330. The zero-order valence-electron chi connectivity index (χ0n) is 14.6. The Balaban J connectivity index is 1.79. The van der Waals surface area contributed by atoms with Crippen molar-refractivity contribution in [3.05, 3.63) is 61.7 Å². The molecule has 2 aromatic carbocycles. The largest absolute Gasteiger partial charge is 0.484 e. The van der Waals surface area contributed by atoms with E-state index >= 15 is 0 Å². The van der Waals surface area contributed by atoms with Crippen LogP contribution in [0.25, 0.3) is 0 Å². The highest BCUT2D eigenvalue weighted by atomic mass is 127. The number of halogens is 2. The standard InChI is InChI=1S/C18H17ClIN3O3S/c1-10-7-12(8-11(2)16(10)19)26-9-15(24)22-23-18(27)21-17(25)13-5-3-4-6-14(13)20/h3-8H,9H2,1-2H3,(H,22,24)(H2,21,23,25,27). The number of carbonyl (C=O) groups excluding carboxylic acids is 2. The first-order valence-corrected chi connectivity index (χ1v) is 9.68. The molecule has 2 amide bonds. The molecule has 9 heteroatoms. The molecule has 2 rings (SSSR count). The molecule has 0 bridgehead atoms. The van der Waals surface area contributed by atoms with Crippen molar-refractivity contribution in [2.75, 3.05) is 6.61 Å². The molecule has 0 aliphatic heterocycles. The molecule has 142 valence electrons. The zero-order valence-corrected chi connectivity index (χ0v) is 18.3. The van der Waals surface area contributed by atoms with Gasteiger partial charge < -0.3 is 4.74 Å². The molecule has 27 heavy (non-hydrogen) atoms. The second-order valence-corrected chi connectivity index (χ2v) is 7.54. The lowest BCUT2D eigenvalue weighted by atomic mass is 10.1. The number of hydrogen-bond donors (Lipinski definition) is 3. The van der Waals surface area contributed by atoms with Gasteiger partial charge in [0.15, 0.2) is 11.7 Å². The number of carbonyl (C=O) groups is 2. The summed E-state index contributed by atoms with van der Waals surface area (Å²) in [4.78, 5) is 24.0. The van der Waals surface area contributed by atoms with Crippen molar-refractivity contribution in [1.82, 2.24) is 16.2 Å². The molecule has 0 aromatic heterocycles. The Kier molecular flexibility index (Phi) is 7.81. The number of benzene rings is 2. The highest BCUT2D eigenvalue weighted by Gasteiger charge is 2.11. The number of ether oxygens (including phenoxy) is 1. The Morgan fingerprint density at radius 3 is 2.41 bits per heavy atom. The van der Waals surface area contributed by atoms with Gasteiger partial charge in [-0.15, -0.1) is 0 Å².